The third-order valence-electron chi connectivity index (χ3n) is 24.9. The van der Waals surface area contributed by atoms with Crippen molar-refractivity contribution in [3.05, 3.63) is 331 Å². The molecule has 5 aliphatic heterocycles. The zero-order valence-electron chi connectivity index (χ0n) is 76.1. The number of aromatic nitrogens is 5. The van der Waals surface area contributed by atoms with Crippen LogP contribution in [0.1, 0.15) is 221 Å². The summed E-state index contributed by atoms with van der Waals surface area (Å²) in [5.41, 5.74) is 20.3. The molecular weight excluding hydrogens is 1600 g/mol. The SMILES string of the molecule is C=Cc1cccnc1CN(CCCCC)C[C@H]1Cc2ccccc2CN1.CCCCCN(Cc1ccc(Cl)cn1)C[C@H]1Cc2ccccc2CN1.CCCCCN(Cc1ccc(F)cn1)C[C@H]1Cc2ccccc2CN1.CCCCCN(Cc1ncccc1Cl)C[C@H]1Cc2ccccc2CN1.CCCCCN(Cc1ncccc1F)C[C@H]1Cc2ccccc2CN1. The molecule has 5 aromatic heterocycles. The van der Waals surface area contributed by atoms with Gasteiger partial charge < -0.3 is 26.6 Å². The molecule has 0 amide bonds. The van der Waals surface area contributed by atoms with E-state index < -0.39 is 0 Å². The lowest BCUT2D eigenvalue weighted by molar-refractivity contribution is 0.219. The zero-order valence-corrected chi connectivity index (χ0v) is 77.7. The van der Waals surface area contributed by atoms with E-state index >= 15 is 0 Å². The van der Waals surface area contributed by atoms with E-state index in [9.17, 15) is 8.78 Å². The molecule has 0 aliphatic carbocycles. The molecule has 674 valence electrons. The minimum absolute atomic E-state index is 0.204. The van der Waals surface area contributed by atoms with E-state index in [0.717, 1.165) is 196 Å². The minimum atomic E-state index is -0.271. The maximum Gasteiger partial charge on any atom is 0.146 e. The molecule has 15 rings (SSSR count). The van der Waals surface area contributed by atoms with Crippen molar-refractivity contribution in [2.24, 2.45) is 0 Å². The molecule has 126 heavy (non-hydrogen) atoms. The van der Waals surface area contributed by atoms with Gasteiger partial charge >= 0.3 is 0 Å². The maximum atomic E-state index is 14.0. The van der Waals surface area contributed by atoms with Crippen LogP contribution in [0.15, 0.2) is 220 Å². The van der Waals surface area contributed by atoms with Gasteiger partial charge in [0, 0.05) is 153 Å². The molecule has 0 spiro atoms. The average molecular weight is 1750 g/mol. The highest BCUT2D eigenvalue weighted by Gasteiger charge is 2.27. The van der Waals surface area contributed by atoms with Gasteiger partial charge in [0.1, 0.15) is 11.6 Å². The summed E-state index contributed by atoms with van der Waals surface area (Å²) < 4.78 is 27.1. The second-order valence-electron chi connectivity index (χ2n) is 35.0. The van der Waals surface area contributed by atoms with Crippen molar-refractivity contribution in [1.82, 2.24) is 76.0 Å². The molecule has 15 nitrogen and oxygen atoms in total. The Morgan fingerprint density at radius 3 is 0.944 bits per heavy atom. The van der Waals surface area contributed by atoms with Gasteiger partial charge in [-0.2, -0.15) is 0 Å². The molecular formula is C107H143Cl2F2N15. The fourth-order valence-electron chi connectivity index (χ4n) is 17.8. The third-order valence-corrected chi connectivity index (χ3v) is 25.5. The van der Waals surface area contributed by atoms with Crippen molar-refractivity contribution in [3.63, 3.8) is 0 Å². The van der Waals surface area contributed by atoms with Crippen molar-refractivity contribution < 1.29 is 8.78 Å². The van der Waals surface area contributed by atoms with Crippen molar-refractivity contribution in [1.29, 1.82) is 0 Å². The van der Waals surface area contributed by atoms with Crippen LogP contribution in [-0.4, -0.2) is 145 Å². The number of halogens is 4. The highest BCUT2D eigenvalue weighted by molar-refractivity contribution is 6.31. The number of fused-ring (bicyclic) bond motifs is 5. The van der Waals surface area contributed by atoms with Crippen LogP contribution >= 0.6 is 23.2 Å². The number of nitrogens with zero attached hydrogens (tertiary/aromatic N) is 10. The Bertz CT molecular complexity index is 4510. The van der Waals surface area contributed by atoms with Crippen LogP contribution in [0.25, 0.3) is 6.08 Å². The summed E-state index contributed by atoms with van der Waals surface area (Å²) >= 11 is 12.3. The van der Waals surface area contributed by atoms with E-state index in [0.29, 0.717) is 47.5 Å². The van der Waals surface area contributed by atoms with Gasteiger partial charge in [-0.05, 0) is 213 Å². The van der Waals surface area contributed by atoms with Crippen molar-refractivity contribution in [2.45, 2.75) is 259 Å². The van der Waals surface area contributed by atoms with Gasteiger partial charge in [-0.15, -0.1) is 0 Å². The van der Waals surface area contributed by atoms with Gasteiger partial charge in [-0.3, -0.25) is 49.4 Å². The summed E-state index contributed by atoms with van der Waals surface area (Å²) in [6.45, 7) is 34.4. The van der Waals surface area contributed by atoms with Crippen molar-refractivity contribution >= 4 is 29.3 Å². The van der Waals surface area contributed by atoms with Crippen LogP contribution in [0.2, 0.25) is 10.0 Å². The number of hydrogen-bond acceptors (Lipinski definition) is 15. The van der Waals surface area contributed by atoms with E-state index in [4.69, 9.17) is 23.2 Å². The Morgan fingerprint density at radius 2 is 0.627 bits per heavy atom. The normalized spacial score (nSPS) is 16.8. The number of hydrogen-bond donors (Lipinski definition) is 5. The number of benzene rings is 5. The smallest absolute Gasteiger partial charge is 0.146 e. The van der Waals surface area contributed by atoms with Gasteiger partial charge in [0.15, 0.2) is 0 Å². The van der Waals surface area contributed by atoms with Crippen LogP contribution in [0.3, 0.4) is 0 Å². The number of pyridine rings is 5. The Morgan fingerprint density at radius 1 is 0.325 bits per heavy atom. The van der Waals surface area contributed by atoms with Crippen molar-refractivity contribution in [2.75, 3.05) is 65.4 Å². The average Bonchev–Trinajstić information content (AvgIpc) is 0.848. The summed E-state index contributed by atoms with van der Waals surface area (Å²) in [5, 5.41) is 19.9. The maximum absolute atomic E-state index is 14.0. The molecule has 5 aromatic carbocycles. The number of rotatable bonds is 41. The predicted octanol–water partition coefficient (Wildman–Crippen LogP) is 21.2. The molecule has 5 N–H and O–H groups in total. The lowest BCUT2D eigenvalue weighted by atomic mass is 9.95. The second kappa shape index (κ2) is 55.5. The molecule has 10 heterocycles. The summed E-state index contributed by atoms with van der Waals surface area (Å²) in [6, 6.07) is 64.4. The van der Waals surface area contributed by atoms with E-state index in [1.807, 2.05) is 48.8 Å². The standard InChI is InChI=1S/C23H31N3.2C21H28ClN3.2C21H28FN3/c1-3-5-8-14-26(18-23-19(4-2)12-9-13-24-23)17-22-15-20-10-6-7-11-21(20)16-25-22;1-2-3-6-12-25(16-21-20(22)10-7-11-23-21)15-19-13-17-8-4-5-9-18(17)14-24-19;1-2-3-6-11-25(15-20-10-9-19(22)14-24-20)16-21-12-17-7-4-5-8-18(17)13-23-21;1-2-3-6-12-25(16-21-20(22)10-7-11-23-21)15-19-13-17-8-4-5-9-18(17)14-24-19;1-2-3-6-11-25(15-20-10-9-19(22)14-24-20)16-21-12-17-7-4-5-8-18(17)13-23-21/h4,6-7,9-13,22,25H,2-3,5,8,14-18H2,1H3;4-5,7-11,19,24H,2-3,6,12-16H2,1H3;4-5,7-10,14,21,23H,2-3,6,11-13,15-16H2,1H3;4-5,7-11,19,24H,2-3,6,12-16H2,1H3;4-5,7-10,14,21,23H,2-3,6,11-13,15-16H2,1H3/t22-;19-;21-;19-;21-/m11111/s1. The van der Waals surface area contributed by atoms with Crippen LogP contribution in [-0.2, 0) is 97.6 Å². The largest absolute Gasteiger partial charge is 0.308 e. The lowest BCUT2D eigenvalue weighted by Gasteiger charge is -2.32. The van der Waals surface area contributed by atoms with Gasteiger partial charge in [0.05, 0.1) is 44.7 Å². The van der Waals surface area contributed by atoms with Crippen LogP contribution in [0, 0.1) is 11.6 Å². The molecule has 0 unspecified atom stereocenters. The second-order valence-corrected chi connectivity index (χ2v) is 35.9. The molecule has 10 aromatic rings. The first-order chi connectivity index (χ1) is 61.8. The fourth-order valence-corrected chi connectivity index (χ4v) is 18.1. The van der Waals surface area contributed by atoms with Gasteiger partial charge in [-0.25, -0.2) is 8.78 Å². The van der Waals surface area contributed by atoms with Crippen molar-refractivity contribution in [3.8, 4) is 0 Å². The molecule has 0 saturated heterocycles. The van der Waals surface area contributed by atoms with Gasteiger partial charge in [-0.1, -0.05) is 262 Å². The predicted molar refractivity (Wildman–Crippen MR) is 519 cm³/mol. The molecule has 0 bridgehead atoms. The Balaban J connectivity index is 0.000000153. The minimum Gasteiger partial charge on any atom is -0.308 e. The summed E-state index contributed by atoms with van der Waals surface area (Å²) in [5.74, 6) is -0.475. The number of unbranched alkanes of at least 4 members (excludes halogenated alkanes) is 10. The Kier molecular flexibility index (Phi) is 43.3. The summed E-state index contributed by atoms with van der Waals surface area (Å²) in [6.07, 6.45) is 34.3. The lowest BCUT2D eigenvalue weighted by Crippen LogP contribution is -2.44. The first-order valence-electron chi connectivity index (χ1n) is 47.4. The van der Waals surface area contributed by atoms with Crippen LogP contribution < -0.4 is 26.6 Å². The van der Waals surface area contributed by atoms with Gasteiger partial charge in [0.25, 0.3) is 0 Å². The van der Waals surface area contributed by atoms with E-state index in [2.05, 4.69) is 245 Å². The van der Waals surface area contributed by atoms with Gasteiger partial charge in [0.2, 0.25) is 0 Å². The van der Waals surface area contributed by atoms with E-state index in [-0.39, 0.29) is 11.6 Å². The van der Waals surface area contributed by atoms with E-state index in [1.165, 1.54) is 164 Å². The number of nitrogens with one attached hydrogen (secondary N) is 5. The topological polar surface area (TPSA) is 141 Å². The molecule has 5 aliphatic rings. The Hall–Kier alpha value is -8.37. The van der Waals surface area contributed by atoms with Crippen LogP contribution in [0.5, 0.6) is 0 Å². The third kappa shape index (κ3) is 33.9. The zero-order chi connectivity index (χ0) is 88.1. The quantitative estimate of drug-likeness (QED) is 0.0232. The van der Waals surface area contributed by atoms with Crippen LogP contribution in [0.4, 0.5) is 8.78 Å². The highest BCUT2D eigenvalue weighted by Crippen LogP contribution is 2.26. The summed E-state index contributed by atoms with van der Waals surface area (Å²) in [7, 11) is 0. The molecule has 0 saturated carbocycles. The first kappa shape index (κ1) is 98.2. The first-order valence-corrected chi connectivity index (χ1v) is 48.1. The highest BCUT2D eigenvalue weighted by atomic mass is 35.5. The molecule has 5 atom stereocenters. The fraction of sp³-hybridized carbons (Fsp3) is 0.467. The molecule has 0 fully saturated rings. The summed E-state index contributed by atoms with van der Waals surface area (Å²) in [4.78, 5) is 34.5. The monoisotopic (exact) mass is 1750 g/mol. The Labute approximate surface area is 764 Å². The molecule has 19 heteroatoms. The molecule has 0 radical (unpaired) electrons. The van der Waals surface area contributed by atoms with E-state index in [1.54, 1.807) is 24.5 Å².